The summed E-state index contributed by atoms with van der Waals surface area (Å²) < 4.78 is 162. The topological polar surface area (TPSA) is 454 Å². The smallest absolute Gasteiger partial charge is 0.748 e. The molecule has 2 aromatic carbocycles. The Labute approximate surface area is 629 Å². The first-order valence-electron chi connectivity index (χ1n) is 33.2. The molecule has 11 saturated heterocycles. The fourth-order valence-corrected chi connectivity index (χ4v) is 19.6. The van der Waals surface area contributed by atoms with Crippen LogP contribution >= 0.6 is 0 Å². The van der Waals surface area contributed by atoms with E-state index in [0.29, 0.717) is 22.3 Å². The van der Waals surface area contributed by atoms with Crippen LogP contribution < -0.4 is 18.9 Å². The minimum absolute atomic E-state index is 0. The summed E-state index contributed by atoms with van der Waals surface area (Å²) >= 11 is 0. The number of nitrogens with zero attached hydrogens (tertiary/aromatic N) is 16. The number of hydrogen-bond donors (Lipinski definition) is 0. The van der Waals surface area contributed by atoms with Crippen molar-refractivity contribution in [2.24, 2.45) is 0 Å². The second-order valence-corrected chi connectivity index (χ2v) is 34.1. The van der Waals surface area contributed by atoms with Gasteiger partial charge in [-0.3, -0.25) is 78.4 Å². The van der Waals surface area contributed by atoms with E-state index in [2.05, 4.69) is 0 Å². The molecule has 104 heavy (non-hydrogen) atoms. The first-order valence-corrected chi connectivity index (χ1v) is 39.5. The number of carbonyl (C=O) groups is 8. The van der Waals surface area contributed by atoms with Crippen molar-refractivity contribution in [1.82, 2.24) is 78.4 Å². The summed E-state index contributed by atoms with van der Waals surface area (Å²) in [6, 6.07) is 0.539. The third-order valence-electron chi connectivity index (χ3n) is 22.8. The Morgan fingerprint density at radius 1 is 0.308 bits per heavy atom. The monoisotopic (exact) mass is 1550 g/mol. The van der Waals surface area contributed by atoms with Crippen molar-refractivity contribution in [2.45, 2.75) is 153 Å². The molecule has 0 aliphatic carbocycles. The van der Waals surface area contributed by atoms with E-state index in [4.69, 9.17) is 18.9 Å². The minimum Gasteiger partial charge on any atom is -0.748 e. The molecule has 0 spiro atoms. The van der Waals surface area contributed by atoms with Crippen LogP contribution in [0.3, 0.4) is 0 Å². The van der Waals surface area contributed by atoms with Gasteiger partial charge in [0.25, 0.3) is 0 Å². The van der Waals surface area contributed by atoms with E-state index in [0.717, 1.165) is 0 Å². The third-order valence-corrected chi connectivity index (χ3v) is 26.0. The molecule has 0 radical (unpaired) electrons. The van der Waals surface area contributed by atoms with Gasteiger partial charge in [0.2, 0.25) is 0 Å². The Morgan fingerprint density at radius 2 is 0.490 bits per heavy atom. The number of amides is 16. The molecule has 0 unspecified atom stereocenters. The summed E-state index contributed by atoms with van der Waals surface area (Å²) in [6.07, 6.45) is -4.72. The van der Waals surface area contributed by atoms with Gasteiger partial charge in [0.15, 0.2) is 47.3 Å². The van der Waals surface area contributed by atoms with Crippen LogP contribution in [0.1, 0.15) is 101 Å². The Hall–Kier alpha value is -7.03. The van der Waals surface area contributed by atoms with Crippen molar-refractivity contribution in [3.63, 3.8) is 0 Å². The van der Waals surface area contributed by atoms with E-state index in [-0.39, 0.29) is 173 Å². The molecule has 13 heterocycles. The van der Waals surface area contributed by atoms with E-state index in [1.165, 1.54) is 78.4 Å². The quantitative estimate of drug-likeness (QED) is 0.0714. The SMILES string of the molecule is CC12N3Cc4c(OCCCCS(=O)(=O)[O-])ccc(OCCCCS(=O)(=O)[O-])c4CN1C(=O)N1CN4C(=O)N5CN6C(=O)N7CN8C(=O)N9Cc%10c(OCCCCS(=O)(=O)[O-])ccc(OCCCCS(=O)(=O)[O-])c%10CN%10C(=O)N(CN%11C(=O)N(CN%12C(=O)N(CN(C3=O)C12C)C4C%125)C6C%117)C8(C)C%109C.[Mg+2].[Mg+2]. The average molecular weight is 1550 g/mol. The predicted octanol–water partition coefficient (Wildman–Crippen LogP) is -0.675. The number of carbonyl (C=O) groups excluding carboxylic acids is 8. The van der Waals surface area contributed by atoms with E-state index >= 15 is 38.4 Å². The maximum Gasteiger partial charge on any atom is 2.00 e. The largest absolute Gasteiger partial charge is 2.00 e. The number of rotatable bonds is 24. The van der Waals surface area contributed by atoms with Crippen molar-refractivity contribution in [2.75, 3.05) is 89.5 Å². The van der Waals surface area contributed by atoms with Crippen molar-refractivity contribution in [3.8, 4) is 23.0 Å². The minimum atomic E-state index is -4.53. The van der Waals surface area contributed by atoms with Crippen LogP contribution in [0.5, 0.6) is 23.0 Å². The van der Waals surface area contributed by atoms with Gasteiger partial charge in [0, 0.05) is 45.3 Å². The second-order valence-electron chi connectivity index (χ2n) is 28.0. The normalized spacial score (nSPS) is 28.4. The van der Waals surface area contributed by atoms with E-state index in [1.54, 1.807) is 52.0 Å². The zero-order valence-corrected chi connectivity index (χ0v) is 63.1. The fourth-order valence-electron chi connectivity index (χ4n) is 17.4. The van der Waals surface area contributed by atoms with Crippen LogP contribution in [0.25, 0.3) is 0 Å². The molecule has 0 aromatic heterocycles. The fraction of sp³-hybridized carbons (Fsp3) is 0.655. The molecule has 0 saturated carbocycles. The van der Waals surface area contributed by atoms with E-state index in [1.807, 2.05) is 0 Å². The number of fused-ring (bicyclic) bond motifs is 2. The van der Waals surface area contributed by atoms with Gasteiger partial charge < -0.3 is 37.2 Å². The third kappa shape index (κ3) is 11.3. The van der Waals surface area contributed by atoms with Gasteiger partial charge in [-0.15, -0.1) is 0 Å². The zero-order chi connectivity index (χ0) is 72.8. The van der Waals surface area contributed by atoms with Crippen LogP contribution in [0, 0.1) is 0 Å². The predicted molar refractivity (Wildman–Crippen MR) is 347 cm³/mol. The number of ether oxygens (including phenoxy) is 4. The molecule has 2 aromatic rings. The molecule has 0 bridgehead atoms. The molecule has 0 atom stereocenters. The maximum absolute atomic E-state index is 15.7. The van der Waals surface area contributed by atoms with Gasteiger partial charge >= 0.3 is 94.4 Å². The summed E-state index contributed by atoms with van der Waals surface area (Å²) in [7, 11) is -18.1. The Kier molecular flexibility index (Phi) is 18.7. The Bertz CT molecular complexity index is 3960. The number of unbranched alkanes of at least 4 members (excludes halogenated alkanes) is 4. The molecule has 11 fully saturated rings. The van der Waals surface area contributed by atoms with Crippen LogP contribution in [-0.4, -0.2) is 361 Å². The molecule has 16 amide bonds. The van der Waals surface area contributed by atoms with Gasteiger partial charge in [-0.05, 0) is 103 Å². The maximum atomic E-state index is 15.7. The summed E-state index contributed by atoms with van der Waals surface area (Å²) in [4.78, 5) is 147. The standard InChI is InChI=1S/C58H76N16O24S4.2Mg/c1-55-57(3)71-31-63-45-43-59(47(63)75)29-61-44-46-65(49(61)77)33-73-53(81)69-27-37-38(42(98-20-8-12-24-102(92,93)94)16-15-41(37)97-19-7-11-23-101(89,90)91)28-70-54(82)74(58(73,4)56(69,70)2)34-66(46)50(78)62(44)30-60(43)48(76)64(45)32-72(57)52(80)68(55)26-36-35(25-67(55)51(71)79)39(95-17-5-9-21-99(83,84)85)13-14-40(36)96-18-6-10-22-100(86,87)88;;/h13-16,43-46H,5-12,17-34H2,1-4H3,(H,83,84,85)(H,86,87,88)(H,89,90,91)(H,92,93,94);;/q;2*+2/p-4. The molecule has 46 heteroatoms. The molecule has 40 nitrogen and oxygen atoms in total. The van der Waals surface area contributed by atoms with Gasteiger partial charge in [0.05, 0.1) is 93.1 Å². The van der Waals surface area contributed by atoms with Gasteiger partial charge in [-0.1, -0.05) is 0 Å². The van der Waals surface area contributed by atoms with Crippen LogP contribution in [-0.2, 0) is 66.7 Å². The van der Waals surface area contributed by atoms with E-state index < -0.39 is 199 Å². The summed E-state index contributed by atoms with van der Waals surface area (Å²) in [5.74, 6) is -1.71. The van der Waals surface area contributed by atoms with Gasteiger partial charge in [0.1, 0.15) is 63.0 Å². The Morgan fingerprint density at radius 3 is 0.683 bits per heavy atom. The molecule has 0 N–H and O–H groups in total. The van der Waals surface area contributed by atoms with E-state index in [9.17, 15) is 51.9 Å². The molecular weight excluding hydrogens is 1480 g/mol. The molecule has 556 valence electrons. The number of benzene rings is 2. The van der Waals surface area contributed by atoms with Crippen molar-refractivity contribution in [3.05, 3.63) is 46.5 Å². The zero-order valence-electron chi connectivity index (χ0n) is 57.0. The van der Waals surface area contributed by atoms with Gasteiger partial charge in [-0.25, -0.2) is 72.0 Å². The molecule has 15 rings (SSSR count). The number of urea groups is 8. The summed E-state index contributed by atoms with van der Waals surface area (Å²) in [5, 5.41) is 0. The average Bonchev–Trinajstić information content (AvgIpc) is 1.49. The first-order chi connectivity index (χ1) is 47.9. The number of hydrogen-bond acceptors (Lipinski definition) is 24. The van der Waals surface area contributed by atoms with Crippen molar-refractivity contribution < 1.29 is 109 Å². The molecule has 13 aliphatic heterocycles. The van der Waals surface area contributed by atoms with Crippen molar-refractivity contribution >= 4 is 135 Å². The molecule has 13 aliphatic rings. The van der Waals surface area contributed by atoms with Crippen molar-refractivity contribution in [1.29, 1.82) is 0 Å². The second kappa shape index (κ2) is 25.9. The summed E-state index contributed by atoms with van der Waals surface area (Å²) in [6.45, 7) is 1.96. The summed E-state index contributed by atoms with van der Waals surface area (Å²) in [5.41, 5.74) is -5.22. The van der Waals surface area contributed by atoms with Crippen LogP contribution in [0.4, 0.5) is 38.4 Å². The molecular formula is C58H72Mg2N16O24S4. The Balaban J connectivity index is 0.00000481. The van der Waals surface area contributed by atoms with Gasteiger partial charge in [-0.2, -0.15) is 0 Å². The van der Waals surface area contributed by atoms with Crippen LogP contribution in [0.15, 0.2) is 24.3 Å². The first kappa shape index (κ1) is 75.2. The van der Waals surface area contributed by atoms with Crippen LogP contribution in [0.2, 0.25) is 0 Å².